The molecule has 1 aliphatic rings. The Labute approximate surface area is 125 Å². The lowest BCUT2D eigenvalue weighted by molar-refractivity contribution is -0.384. The van der Waals surface area contributed by atoms with Crippen molar-refractivity contribution in [2.45, 2.75) is 12.5 Å². The molecule has 0 saturated heterocycles. The van der Waals surface area contributed by atoms with E-state index in [1.807, 2.05) is 0 Å². The van der Waals surface area contributed by atoms with Gasteiger partial charge in [-0.05, 0) is 12.1 Å². The number of hydrogen-bond donors (Lipinski definition) is 0. The maximum Gasteiger partial charge on any atom is 0.337 e. The van der Waals surface area contributed by atoms with Crippen LogP contribution >= 0.6 is 0 Å². The number of ether oxygens (including phenoxy) is 3. The van der Waals surface area contributed by atoms with Gasteiger partial charge in [-0.25, -0.2) is 4.79 Å². The van der Waals surface area contributed by atoms with Crippen LogP contribution in [0, 0.1) is 10.1 Å². The van der Waals surface area contributed by atoms with E-state index in [9.17, 15) is 19.7 Å². The number of benzene rings is 1. The lowest BCUT2D eigenvalue weighted by Gasteiger charge is -2.25. The lowest BCUT2D eigenvalue weighted by atomic mass is 9.99. The van der Waals surface area contributed by atoms with Crippen molar-refractivity contribution in [1.29, 1.82) is 0 Å². The molecule has 2 rings (SSSR count). The number of esters is 2. The number of carbonyl (C=O) groups excluding carboxylic acids is 2. The monoisotopic (exact) mass is 307 g/mol. The topological polar surface area (TPSA) is 105 Å². The predicted octanol–water partition coefficient (Wildman–Crippen LogP) is 1.48. The first kappa shape index (κ1) is 15.5. The van der Waals surface area contributed by atoms with Crippen molar-refractivity contribution in [2.24, 2.45) is 0 Å². The summed E-state index contributed by atoms with van der Waals surface area (Å²) in [4.78, 5) is 33.5. The number of rotatable bonds is 4. The second kappa shape index (κ2) is 6.25. The Bertz CT molecular complexity index is 665. The molecule has 22 heavy (non-hydrogen) atoms. The van der Waals surface area contributed by atoms with E-state index in [0.717, 1.165) is 0 Å². The molecule has 0 N–H and O–H groups in total. The number of nitrogens with zero attached hydrogens (tertiary/aromatic N) is 1. The number of nitro benzene ring substituents is 1. The Kier molecular flexibility index (Phi) is 4.40. The molecule has 1 atom stereocenters. The van der Waals surface area contributed by atoms with Gasteiger partial charge in [0.1, 0.15) is 11.9 Å². The molecule has 116 valence electrons. The van der Waals surface area contributed by atoms with Crippen LogP contribution < -0.4 is 4.74 Å². The first-order valence-electron chi connectivity index (χ1n) is 6.28. The Balaban J connectivity index is 2.42. The van der Waals surface area contributed by atoms with Crippen LogP contribution in [0.4, 0.5) is 5.69 Å². The van der Waals surface area contributed by atoms with Crippen LogP contribution in [0.3, 0.4) is 0 Å². The average Bonchev–Trinajstić information content (AvgIpc) is 2.52. The zero-order valence-electron chi connectivity index (χ0n) is 11.9. The molecule has 0 aromatic heterocycles. The highest BCUT2D eigenvalue weighted by Gasteiger charge is 2.31. The molecule has 1 heterocycles. The molecule has 1 unspecified atom stereocenters. The van der Waals surface area contributed by atoms with Crippen molar-refractivity contribution in [2.75, 3.05) is 14.2 Å². The summed E-state index contributed by atoms with van der Waals surface area (Å²) in [5.74, 6) is -0.886. The van der Waals surface area contributed by atoms with E-state index in [1.165, 1.54) is 38.5 Å². The van der Waals surface area contributed by atoms with Crippen LogP contribution in [0.5, 0.6) is 5.75 Å². The molecule has 0 bridgehead atoms. The molecule has 1 aromatic carbocycles. The number of carbonyl (C=O) groups is 2. The van der Waals surface area contributed by atoms with E-state index < -0.39 is 23.0 Å². The van der Waals surface area contributed by atoms with Gasteiger partial charge in [0.2, 0.25) is 0 Å². The van der Waals surface area contributed by atoms with Gasteiger partial charge in [-0.2, -0.15) is 0 Å². The summed E-state index contributed by atoms with van der Waals surface area (Å²) < 4.78 is 14.8. The summed E-state index contributed by atoms with van der Waals surface area (Å²) in [5, 5.41) is 10.8. The smallest absolute Gasteiger partial charge is 0.337 e. The normalized spacial score (nSPS) is 15.9. The van der Waals surface area contributed by atoms with E-state index in [4.69, 9.17) is 4.74 Å². The molecule has 8 heteroatoms. The molecule has 1 aromatic rings. The first-order valence-corrected chi connectivity index (χ1v) is 6.28. The van der Waals surface area contributed by atoms with Gasteiger partial charge >= 0.3 is 11.9 Å². The number of fused-ring (bicyclic) bond motifs is 1. The largest absolute Gasteiger partial charge is 0.484 e. The van der Waals surface area contributed by atoms with Gasteiger partial charge in [-0.15, -0.1) is 0 Å². The lowest BCUT2D eigenvalue weighted by Crippen LogP contribution is -2.30. The van der Waals surface area contributed by atoms with Gasteiger partial charge in [-0.3, -0.25) is 14.9 Å². The summed E-state index contributed by atoms with van der Waals surface area (Å²) >= 11 is 0. The number of methoxy groups -OCH3 is 2. The third kappa shape index (κ3) is 3.05. The molecule has 0 saturated carbocycles. The van der Waals surface area contributed by atoms with Gasteiger partial charge in [-0.1, -0.05) is 0 Å². The average molecular weight is 307 g/mol. The van der Waals surface area contributed by atoms with E-state index in [2.05, 4.69) is 9.47 Å². The standard InChI is InChI=1S/C14H13NO7/c1-20-13(16)7-12-10(14(17)21-2)6-8-5-9(15(18)19)3-4-11(8)22-12/h3-6,12H,7H2,1-2H3. The Hall–Kier alpha value is -2.90. The van der Waals surface area contributed by atoms with Crippen LogP contribution in [0.2, 0.25) is 0 Å². The molecule has 0 aliphatic carbocycles. The van der Waals surface area contributed by atoms with Gasteiger partial charge in [0.15, 0.2) is 0 Å². The molecular formula is C14H13NO7. The molecular weight excluding hydrogens is 294 g/mol. The van der Waals surface area contributed by atoms with E-state index in [0.29, 0.717) is 11.3 Å². The molecule has 1 aliphatic heterocycles. The predicted molar refractivity (Wildman–Crippen MR) is 74.1 cm³/mol. The molecule has 8 nitrogen and oxygen atoms in total. The number of nitro groups is 1. The van der Waals surface area contributed by atoms with Crippen LogP contribution in [-0.4, -0.2) is 37.2 Å². The fourth-order valence-corrected chi connectivity index (χ4v) is 2.04. The van der Waals surface area contributed by atoms with Crippen LogP contribution in [0.25, 0.3) is 6.08 Å². The fraction of sp³-hybridized carbons (Fsp3) is 0.286. The summed E-state index contributed by atoms with van der Waals surface area (Å²) in [7, 11) is 2.42. The molecule has 0 spiro atoms. The first-order chi connectivity index (χ1) is 10.5. The molecule has 0 amide bonds. The van der Waals surface area contributed by atoms with Crippen molar-refractivity contribution in [3.8, 4) is 5.75 Å². The number of hydrogen-bond acceptors (Lipinski definition) is 7. The highest BCUT2D eigenvalue weighted by atomic mass is 16.6. The third-order valence-corrected chi connectivity index (χ3v) is 3.13. The Morgan fingerprint density at radius 1 is 1.32 bits per heavy atom. The maximum atomic E-state index is 11.8. The van der Waals surface area contributed by atoms with Crippen molar-refractivity contribution >= 4 is 23.7 Å². The van der Waals surface area contributed by atoms with Crippen molar-refractivity contribution in [3.05, 3.63) is 39.4 Å². The van der Waals surface area contributed by atoms with E-state index in [-0.39, 0.29) is 17.7 Å². The third-order valence-electron chi connectivity index (χ3n) is 3.13. The summed E-state index contributed by atoms with van der Waals surface area (Å²) in [6, 6.07) is 3.99. The van der Waals surface area contributed by atoms with Crippen LogP contribution in [-0.2, 0) is 19.1 Å². The fourth-order valence-electron chi connectivity index (χ4n) is 2.04. The quantitative estimate of drug-likeness (QED) is 0.471. The van der Waals surface area contributed by atoms with Gasteiger partial charge < -0.3 is 14.2 Å². The Morgan fingerprint density at radius 3 is 2.64 bits per heavy atom. The zero-order valence-corrected chi connectivity index (χ0v) is 11.9. The highest BCUT2D eigenvalue weighted by molar-refractivity contribution is 5.97. The van der Waals surface area contributed by atoms with Gasteiger partial charge in [0.25, 0.3) is 5.69 Å². The minimum atomic E-state index is -0.867. The van der Waals surface area contributed by atoms with Crippen LogP contribution in [0.1, 0.15) is 12.0 Å². The number of non-ortho nitro benzene ring substituents is 1. The summed E-state index contributed by atoms with van der Waals surface area (Å²) in [6.45, 7) is 0. The highest BCUT2D eigenvalue weighted by Crippen LogP contribution is 2.34. The van der Waals surface area contributed by atoms with Gasteiger partial charge in [0, 0.05) is 17.7 Å². The molecule has 0 fully saturated rings. The zero-order chi connectivity index (χ0) is 16.3. The van der Waals surface area contributed by atoms with E-state index in [1.54, 1.807) is 0 Å². The maximum absolute atomic E-state index is 11.8. The second-order valence-electron chi connectivity index (χ2n) is 4.46. The Morgan fingerprint density at radius 2 is 2.05 bits per heavy atom. The SMILES string of the molecule is COC(=O)CC1Oc2ccc([N+](=O)[O-])cc2C=C1C(=O)OC. The van der Waals surface area contributed by atoms with Crippen molar-refractivity contribution in [3.63, 3.8) is 0 Å². The van der Waals surface area contributed by atoms with Gasteiger partial charge in [0.05, 0.1) is 31.1 Å². The van der Waals surface area contributed by atoms with E-state index >= 15 is 0 Å². The van der Waals surface area contributed by atoms with Crippen molar-refractivity contribution in [1.82, 2.24) is 0 Å². The summed E-state index contributed by atoms with van der Waals surface area (Å²) in [5.41, 5.74) is 0.339. The van der Waals surface area contributed by atoms with Crippen LogP contribution in [0.15, 0.2) is 23.8 Å². The molecule has 0 radical (unpaired) electrons. The van der Waals surface area contributed by atoms with Crippen molar-refractivity contribution < 1.29 is 28.7 Å². The summed E-state index contributed by atoms with van der Waals surface area (Å²) in [6.07, 6.45) is 0.382. The minimum Gasteiger partial charge on any atom is -0.484 e. The second-order valence-corrected chi connectivity index (χ2v) is 4.46. The minimum absolute atomic E-state index is 0.0981.